The van der Waals surface area contributed by atoms with Gasteiger partial charge in [0.2, 0.25) is 5.91 Å². The van der Waals surface area contributed by atoms with Gasteiger partial charge in [0, 0.05) is 17.5 Å². The van der Waals surface area contributed by atoms with Crippen molar-refractivity contribution in [3.63, 3.8) is 0 Å². The monoisotopic (exact) mass is 469 g/mol. The Morgan fingerprint density at radius 2 is 1.40 bits per heavy atom. The van der Waals surface area contributed by atoms with Crippen molar-refractivity contribution < 1.29 is 14.3 Å². The van der Waals surface area contributed by atoms with Crippen LogP contribution in [-0.2, 0) is 33.6 Å². The van der Waals surface area contributed by atoms with Gasteiger partial charge in [-0.1, -0.05) is 91.0 Å². The highest BCUT2D eigenvalue weighted by atomic mass is 16.5. The van der Waals surface area contributed by atoms with Gasteiger partial charge in [-0.05, 0) is 55.9 Å². The summed E-state index contributed by atoms with van der Waals surface area (Å²) in [6.07, 6.45) is 3.90. The van der Waals surface area contributed by atoms with Crippen LogP contribution in [0, 0.1) is 0 Å². The molecule has 0 saturated heterocycles. The Kier molecular flexibility index (Phi) is 9.85. The second kappa shape index (κ2) is 13.3. The lowest BCUT2D eigenvalue weighted by atomic mass is 9.90. The average Bonchev–Trinajstić information content (AvgIpc) is 2.86. The summed E-state index contributed by atoms with van der Waals surface area (Å²) in [5.41, 5.74) is 5.09. The summed E-state index contributed by atoms with van der Waals surface area (Å²) in [7, 11) is 0. The Hall–Kier alpha value is -3.66. The summed E-state index contributed by atoms with van der Waals surface area (Å²) in [6.45, 7) is 6.00. The summed E-state index contributed by atoms with van der Waals surface area (Å²) in [6, 6.07) is 28.6. The third kappa shape index (κ3) is 8.56. The highest BCUT2D eigenvalue weighted by molar-refractivity contribution is 5.87. The molecule has 0 aromatic heterocycles. The number of ether oxygens (including phenoxy) is 1. The van der Waals surface area contributed by atoms with Crippen LogP contribution < -0.4 is 5.32 Å². The van der Waals surface area contributed by atoms with Crippen LogP contribution in [0.3, 0.4) is 0 Å². The molecule has 3 aromatic rings. The second-order valence-corrected chi connectivity index (χ2v) is 8.94. The minimum Gasteiger partial charge on any atom is -0.463 e. The maximum absolute atomic E-state index is 12.5. The molecule has 0 fully saturated rings. The number of allylic oxidation sites excluding steroid dienone is 1. The van der Waals surface area contributed by atoms with E-state index in [1.54, 1.807) is 6.92 Å². The van der Waals surface area contributed by atoms with E-state index < -0.39 is 0 Å². The molecule has 4 heteroatoms. The zero-order valence-corrected chi connectivity index (χ0v) is 20.9. The third-order valence-electron chi connectivity index (χ3n) is 5.91. The van der Waals surface area contributed by atoms with Crippen LogP contribution in [0.2, 0.25) is 0 Å². The molecule has 0 bridgehead atoms. The highest BCUT2D eigenvalue weighted by Crippen LogP contribution is 2.24. The average molecular weight is 470 g/mol. The van der Waals surface area contributed by atoms with Crippen LogP contribution in [0.1, 0.15) is 48.9 Å². The molecular weight excluding hydrogens is 434 g/mol. The topological polar surface area (TPSA) is 55.4 Å². The minimum absolute atomic E-state index is 0.0244. The molecular formula is C31H35NO3. The van der Waals surface area contributed by atoms with Gasteiger partial charge >= 0.3 is 5.97 Å². The largest absolute Gasteiger partial charge is 0.463 e. The zero-order chi connectivity index (χ0) is 25.0. The third-order valence-corrected chi connectivity index (χ3v) is 5.91. The van der Waals surface area contributed by atoms with Crippen molar-refractivity contribution >= 4 is 11.9 Å². The van der Waals surface area contributed by atoms with Crippen molar-refractivity contribution in [2.24, 2.45) is 0 Å². The zero-order valence-electron chi connectivity index (χ0n) is 20.9. The first-order chi connectivity index (χ1) is 16.9. The number of nitrogens with one attached hydrogen (secondary N) is 1. The smallest absolute Gasteiger partial charge is 0.333 e. The SMILES string of the molecule is CCOC(=O)C(C)=CC(Cc1ccc(CC(=O)NC(C)Cc2ccccc2)cc1)c1ccccc1. The van der Waals surface area contributed by atoms with Crippen molar-refractivity contribution in [3.05, 3.63) is 119 Å². The lowest BCUT2D eigenvalue weighted by Crippen LogP contribution is -2.35. The van der Waals surface area contributed by atoms with E-state index in [1.165, 1.54) is 5.56 Å². The molecule has 182 valence electrons. The Morgan fingerprint density at radius 3 is 2.03 bits per heavy atom. The molecule has 2 unspecified atom stereocenters. The number of amides is 1. The molecule has 0 heterocycles. The predicted molar refractivity (Wildman–Crippen MR) is 141 cm³/mol. The van der Waals surface area contributed by atoms with E-state index in [9.17, 15) is 9.59 Å². The Labute approximate surface area is 209 Å². The molecule has 0 aliphatic heterocycles. The lowest BCUT2D eigenvalue weighted by Gasteiger charge is -2.16. The molecule has 4 nitrogen and oxygen atoms in total. The maximum Gasteiger partial charge on any atom is 0.333 e. The summed E-state index contributed by atoms with van der Waals surface area (Å²) >= 11 is 0. The molecule has 0 radical (unpaired) electrons. The number of hydrogen-bond donors (Lipinski definition) is 1. The van der Waals surface area contributed by atoms with E-state index in [4.69, 9.17) is 4.74 Å². The molecule has 1 N–H and O–H groups in total. The Bertz CT molecular complexity index is 1100. The highest BCUT2D eigenvalue weighted by Gasteiger charge is 2.14. The molecule has 3 aromatic carbocycles. The van der Waals surface area contributed by atoms with Gasteiger partial charge in [0.05, 0.1) is 13.0 Å². The fourth-order valence-corrected chi connectivity index (χ4v) is 4.17. The number of carbonyl (C=O) groups excluding carboxylic acids is 2. The molecule has 0 aliphatic carbocycles. The molecule has 0 spiro atoms. The van der Waals surface area contributed by atoms with Crippen molar-refractivity contribution in [1.29, 1.82) is 0 Å². The van der Waals surface area contributed by atoms with Gasteiger partial charge in [0.1, 0.15) is 0 Å². The van der Waals surface area contributed by atoms with Crippen LogP contribution in [0.4, 0.5) is 0 Å². The van der Waals surface area contributed by atoms with Crippen LogP contribution in [0.25, 0.3) is 0 Å². The number of rotatable bonds is 11. The van der Waals surface area contributed by atoms with Crippen molar-refractivity contribution in [2.75, 3.05) is 6.61 Å². The van der Waals surface area contributed by atoms with Crippen molar-refractivity contribution in [3.8, 4) is 0 Å². The standard InChI is InChI=1S/C31H35NO3/c1-4-35-31(34)23(2)19-29(28-13-9-6-10-14-28)21-26-15-17-27(18-16-26)22-30(33)32-24(3)20-25-11-7-5-8-12-25/h5-19,24,29H,4,20-22H2,1-3H3,(H,32,33). The van der Waals surface area contributed by atoms with Gasteiger partial charge in [0.25, 0.3) is 0 Å². The molecule has 1 amide bonds. The molecule has 3 rings (SSSR count). The summed E-state index contributed by atoms with van der Waals surface area (Å²) < 4.78 is 5.16. The summed E-state index contributed by atoms with van der Waals surface area (Å²) in [5.74, 6) is -0.207. The number of esters is 1. The fraction of sp³-hybridized carbons (Fsp3) is 0.290. The lowest BCUT2D eigenvalue weighted by molar-refractivity contribution is -0.138. The van der Waals surface area contributed by atoms with Gasteiger partial charge in [-0.25, -0.2) is 4.79 Å². The fourth-order valence-electron chi connectivity index (χ4n) is 4.17. The van der Waals surface area contributed by atoms with Gasteiger partial charge < -0.3 is 10.1 Å². The van der Waals surface area contributed by atoms with Crippen LogP contribution >= 0.6 is 0 Å². The van der Waals surface area contributed by atoms with Gasteiger partial charge in [0.15, 0.2) is 0 Å². The first-order valence-corrected chi connectivity index (χ1v) is 12.3. The molecule has 2 atom stereocenters. The van der Waals surface area contributed by atoms with Gasteiger partial charge in [-0.3, -0.25) is 4.79 Å². The van der Waals surface area contributed by atoms with Crippen molar-refractivity contribution in [1.82, 2.24) is 5.32 Å². The first-order valence-electron chi connectivity index (χ1n) is 12.3. The quantitative estimate of drug-likeness (QED) is 0.285. The van der Waals surface area contributed by atoms with Crippen LogP contribution in [-0.4, -0.2) is 24.5 Å². The van der Waals surface area contributed by atoms with E-state index in [0.717, 1.165) is 29.5 Å². The van der Waals surface area contributed by atoms with E-state index in [2.05, 4.69) is 41.7 Å². The van der Waals surface area contributed by atoms with Crippen molar-refractivity contribution in [2.45, 2.75) is 52.0 Å². The number of benzene rings is 3. The number of carbonyl (C=O) groups is 2. The summed E-state index contributed by atoms with van der Waals surface area (Å²) in [5, 5.41) is 3.10. The Balaban J connectivity index is 1.62. The predicted octanol–water partition coefficient (Wildman–Crippen LogP) is 5.81. The summed E-state index contributed by atoms with van der Waals surface area (Å²) in [4.78, 5) is 24.7. The van der Waals surface area contributed by atoms with Gasteiger partial charge in [-0.2, -0.15) is 0 Å². The van der Waals surface area contributed by atoms with Crippen LogP contribution in [0.5, 0.6) is 0 Å². The van der Waals surface area contributed by atoms with E-state index >= 15 is 0 Å². The minimum atomic E-state index is -0.281. The second-order valence-electron chi connectivity index (χ2n) is 8.94. The molecule has 0 aliphatic rings. The molecule has 35 heavy (non-hydrogen) atoms. The Morgan fingerprint density at radius 1 is 0.829 bits per heavy atom. The molecule has 0 saturated carbocycles. The van der Waals surface area contributed by atoms with E-state index in [0.29, 0.717) is 18.6 Å². The normalized spacial score (nSPS) is 13.1. The van der Waals surface area contributed by atoms with Gasteiger partial charge in [-0.15, -0.1) is 0 Å². The first kappa shape index (κ1) is 26.0. The maximum atomic E-state index is 12.5. The number of hydrogen-bond acceptors (Lipinski definition) is 3. The van der Waals surface area contributed by atoms with Crippen LogP contribution in [0.15, 0.2) is 96.6 Å². The van der Waals surface area contributed by atoms with E-state index in [1.807, 2.05) is 68.5 Å². The van der Waals surface area contributed by atoms with E-state index in [-0.39, 0.29) is 23.8 Å².